The molecule has 1 saturated heterocycles. The van der Waals surface area contributed by atoms with Crippen molar-refractivity contribution >= 4 is 15.7 Å². The molecule has 4 nitrogen and oxygen atoms in total. The van der Waals surface area contributed by atoms with Crippen molar-refractivity contribution in [3.63, 3.8) is 0 Å². The number of rotatable bonds is 2. The summed E-state index contributed by atoms with van der Waals surface area (Å²) in [5, 5.41) is 0. The molecule has 5 heteroatoms. The van der Waals surface area contributed by atoms with Gasteiger partial charge in [-0.2, -0.15) is 4.31 Å². The summed E-state index contributed by atoms with van der Waals surface area (Å²) >= 11 is 0. The van der Waals surface area contributed by atoms with Crippen molar-refractivity contribution in [2.24, 2.45) is 5.92 Å². The van der Waals surface area contributed by atoms with Crippen molar-refractivity contribution in [2.75, 3.05) is 12.3 Å². The van der Waals surface area contributed by atoms with Gasteiger partial charge in [-0.05, 0) is 56.4 Å². The summed E-state index contributed by atoms with van der Waals surface area (Å²) in [4.78, 5) is 0.311. The number of nitrogen functional groups attached to an aromatic ring is 1. The lowest BCUT2D eigenvalue weighted by atomic mass is 9.94. The van der Waals surface area contributed by atoms with Gasteiger partial charge in [0.25, 0.3) is 0 Å². The molecule has 2 atom stereocenters. The van der Waals surface area contributed by atoms with Crippen LogP contribution in [-0.2, 0) is 10.0 Å². The zero-order chi connectivity index (χ0) is 14.2. The first-order valence-corrected chi connectivity index (χ1v) is 8.15. The molecule has 0 spiro atoms. The molecule has 19 heavy (non-hydrogen) atoms. The van der Waals surface area contributed by atoms with Crippen molar-refractivity contribution in [1.82, 2.24) is 4.31 Å². The topological polar surface area (TPSA) is 63.4 Å². The predicted molar refractivity (Wildman–Crippen MR) is 77.3 cm³/mol. The molecule has 0 bridgehead atoms. The molecule has 2 N–H and O–H groups in total. The Bertz CT molecular complexity index is 549. The first-order chi connectivity index (χ1) is 8.82. The molecule has 0 aromatic heterocycles. The number of piperidine rings is 1. The van der Waals surface area contributed by atoms with Gasteiger partial charge in [0.05, 0.1) is 4.90 Å². The number of hydrogen-bond donors (Lipinski definition) is 1. The predicted octanol–water partition coefficient (Wildman–Crippen LogP) is 2.39. The summed E-state index contributed by atoms with van der Waals surface area (Å²) in [5.41, 5.74) is 7.13. The molecular weight excluding hydrogens is 260 g/mol. The van der Waals surface area contributed by atoms with E-state index in [-0.39, 0.29) is 6.04 Å². The lowest BCUT2D eigenvalue weighted by molar-refractivity contribution is 0.202. The summed E-state index contributed by atoms with van der Waals surface area (Å²) in [6.45, 7) is 6.55. The normalized spacial score (nSPS) is 25.4. The van der Waals surface area contributed by atoms with Gasteiger partial charge < -0.3 is 5.73 Å². The Balaban J connectivity index is 2.41. The standard InChI is InChI=1S/C14H22N2O2S/c1-10-7-13(15)9-14(8-10)19(17,18)16-6-4-5-11(2)12(16)3/h7-9,11-12H,4-6,15H2,1-3H3. The molecule has 0 amide bonds. The molecule has 2 rings (SSSR count). The molecule has 1 fully saturated rings. The van der Waals surface area contributed by atoms with Crippen LogP contribution in [0.2, 0.25) is 0 Å². The van der Waals surface area contributed by atoms with Crippen LogP contribution in [0, 0.1) is 12.8 Å². The molecule has 1 aliphatic heterocycles. The van der Waals surface area contributed by atoms with E-state index in [4.69, 9.17) is 5.73 Å². The van der Waals surface area contributed by atoms with Crippen LogP contribution >= 0.6 is 0 Å². The Labute approximate surface area is 115 Å². The SMILES string of the molecule is Cc1cc(N)cc(S(=O)(=O)N2CCCC(C)C2C)c1. The molecule has 1 heterocycles. The van der Waals surface area contributed by atoms with E-state index in [1.54, 1.807) is 22.5 Å². The average molecular weight is 282 g/mol. The highest BCUT2D eigenvalue weighted by atomic mass is 32.2. The number of anilines is 1. The van der Waals surface area contributed by atoms with Gasteiger partial charge >= 0.3 is 0 Å². The molecule has 0 radical (unpaired) electrons. The lowest BCUT2D eigenvalue weighted by Gasteiger charge is -2.36. The summed E-state index contributed by atoms with van der Waals surface area (Å²) in [6, 6.07) is 5.06. The van der Waals surface area contributed by atoms with Crippen LogP contribution < -0.4 is 5.73 Å². The summed E-state index contributed by atoms with van der Waals surface area (Å²) in [6.07, 6.45) is 2.01. The molecule has 0 aliphatic carbocycles. The van der Waals surface area contributed by atoms with E-state index < -0.39 is 10.0 Å². The lowest BCUT2D eigenvalue weighted by Crippen LogP contribution is -2.45. The Morgan fingerprint density at radius 1 is 1.26 bits per heavy atom. The van der Waals surface area contributed by atoms with Gasteiger partial charge in [-0.1, -0.05) is 6.92 Å². The van der Waals surface area contributed by atoms with Gasteiger partial charge in [-0.25, -0.2) is 8.42 Å². The first-order valence-electron chi connectivity index (χ1n) is 6.71. The maximum atomic E-state index is 12.7. The maximum absolute atomic E-state index is 12.7. The largest absolute Gasteiger partial charge is 0.399 e. The monoisotopic (exact) mass is 282 g/mol. The van der Waals surface area contributed by atoms with E-state index >= 15 is 0 Å². The minimum absolute atomic E-state index is 0.0421. The quantitative estimate of drug-likeness (QED) is 0.847. The molecular formula is C14H22N2O2S. The zero-order valence-corrected chi connectivity index (χ0v) is 12.6. The third-order valence-electron chi connectivity index (χ3n) is 4.00. The van der Waals surface area contributed by atoms with Crippen molar-refractivity contribution in [2.45, 2.75) is 44.6 Å². The second kappa shape index (κ2) is 5.13. The Morgan fingerprint density at radius 3 is 2.58 bits per heavy atom. The summed E-state index contributed by atoms with van der Waals surface area (Å²) in [7, 11) is -3.44. The Morgan fingerprint density at radius 2 is 1.95 bits per heavy atom. The molecule has 0 saturated carbocycles. The van der Waals surface area contributed by atoms with Crippen molar-refractivity contribution in [1.29, 1.82) is 0 Å². The molecule has 2 unspecified atom stereocenters. The first kappa shape index (κ1) is 14.3. The molecule has 106 valence electrons. The third kappa shape index (κ3) is 2.77. The highest BCUT2D eigenvalue weighted by Crippen LogP contribution is 2.29. The smallest absolute Gasteiger partial charge is 0.243 e. The van der Waals surface area contributed by atoms with Crippen LogP contribution in [0.3, 0.4) is 0 Å². The minimum Gasteiger partial charge on any atom is -0.399 e. The third-order valence-corrected chi connectivity index (χ3v) is 5.96. The second-order valence-corrected chi connectivity index (χ2v) is 7.45. The zero-order valence-electron chi connectivity index (χ0n) is 11.8. The Kier molecular flexibility index (Phi) is 3.87. The van der Waals surface area contributed by atoms with Crippen LogP contribution in [0.4, 0.5) is 5.69 Å². The fraction of sp³-hybridized carbons (Fsp3) is 0.571. The summed E-state index contributed by atoms with van der Waals surface area (Å²) < 4.78 is 27.1. The van der Waals surface area contributed by atoms with Gasteiger partial charge in [-0.15, -0.1) is 0 Å². The molecule has 1 aliphatic rings. The minimum atomic E-state index is -3.44. The number of sulfonamides is 1. The average Bonchev–Trinajstić information content (AvgIpc) is 2.31. The van der Waals surface area contributed by atoms with E-state index in [1.807, 2.05) is 13.8 Å². The summed E-state index contributed by atoms with van der Waals surface area (Å²) in [5.74, 6) is 0.394. The van der Waals surface area contributed by atoms with Crippen LogP contribution in [0.15, 0.2) is 23.1 Å². The number of nitrogens with zero attached hydrogens (tertiary/aromatic N) is 1. The Hall–Kier alpha value is -1.07. The molecule has 1 aromatic rings. The molecule has 1 aromatic carbocycles. The maximum Gasteiger partial charge on any atom is 0.243 e. The van der Waals surface area contributed by atoms with Gasteiger partial charge in [-0.3, -0.25) is 0 Å². The van der Waals surface area contributed by atoms with E-state index in [1.165, 1.54) is 0 Å². The van der Waals surface area contributed by atoms with Crippen LogP contribution in [0.25, 0.3) is 0 Å². The van der Waals surface area contributed by atoms with Crippen LogP contribution in [0.5, 0.6) is 0 Å². The van der Waals surface area contributed by atoms with Gasteiger partial charge in [0, 0.05) is 18.3 Å². The van der Waals surface area contributed by atoms with Crippen molar-refractivity contribution in [3.05, 3.63) is 23.8 Å². The number of aryl methyl sites for hydroxylation is 1. The van der Waals surface area contributed by atoms with Crippen LogP contribution in [-0.4, -0.2) is 25.3 Å². The number of hydrogen-bond acceptors (Lipinski definition) is 3. The van der Waals surface area contributed by atoms with Crippen molar-refractivity contribution < 1.29 is 8.42 Å². The fourth-order valence-electron chi connectivity index (χ4n) is 2.70. The van der Waals surface area contributed by atoms with E-state index in [9.17, 15) is 8.42 Å². The van der Waals surface area contributed by atoms with Crippen molar-refractivity contribution in [3.8, 4) is 0 Å². The highest BCUT2D eigenvalue weighted by molar-refractivity contribution is 7.89. The second-order valence-electron chi connectivity index (χ2n) is 5.56. The van der Waals surface area contributed by atoms with Crippen LogP contribution in [0.1, 0.15) is 32.3 Å². The van der Waals surface area contributed by atoms with E-state index in [0.29, 0.717) is 23.0 Å². The van der Waals surface area contributed by atoms with Gasteiger partial charge in [0.2, 0.25) is 10.0 Å². The number of benzene rings is 1. The van der Waals surface area contributed by atoms with Gasteiger partial charge in [0.1, 0.15) is 0 Å². The van der Waals surface area contributed by atoms with Gasteiger partial charge in [0.15, 0.2) is 0 Å². The van der Waals surface area contributed by atoms with E-state index in [2.05, 4.69) is 6.92 Å². The number of nitrogens with two attached hydrogens (primary N) is 1. The van der Waals surface area contributed by atoms with E-state index in [0.717, 1.165) is 18.4 Å². The fourth-order valence-corrected chi connectivity index (χ4v) is 4.60. The highest BCUT2D eigenvalue weighted by Gasteiger charge is 2.34.